The first-order valence-corrected chi connectivity index (χ1v) is 8.53. The van der Waals surface area contributed by atoms with Crippen molar-refractivity contribution in [3.8, 4) is 6.07 Å². The Hall–Kier alpha value is -2.13. The fraction of sp³-hybridized carbons (Fsp3) is 0.529. The molecule has 1 N–H and O–H groups in total. The van der Waals surface area contributed by atoms with Crippen LogP contribution in [0.1, 0.15) is 51.0 Å². The molecule has 0 bridgehead atoms. The lowest BCUT2D eigenvalue weighted by Gasteiger charge is -2.44. The molecule has 1 unspecified atom stereocenters. The van der Waals surface area contributed by atoms with Gasteiger partial charge in [0.15, 0.2) is 5.82 Å². The molecule has 2 heterocycles. The van der Waals surface area contributed by atoms with E-state index in [2.05, 4.69) is 10.4 Å². The number of carbonyl (C=O) groups is 2. The monoisotopic (exact) mass is 346 g/mol. The summed E-state index contributed by atoms with van der Waals surface area (Å²) in [6.07, 6.45) is 5.44. The number of nitrogens with one attached hydrogen (secondary N) is 1. The summed E-state index contributed by atoms with van der Waals surface area (Å²) in [7, 11) is 0. The van der Waals surface area contributed by atoms with Crippen molar-refractivity contribution in [2.45, 2.75) is 45.4 Å². The summed E-state index contributed by atoms with van der Waals surface area (Å²) < 4.78 is 0. The van der Waals surface area contributed by atoms with Crippen LogP contribution in [0.25, 0.3) is 0 Å². The quantitative estimate of drug-likeness (QED) is 0.834. The SMILES string of the molecule is CC1(C2CCCCC2)CC(=O)NN(c2cc(C#N)cc(Cl)n2)C1=O. The Morgan fingerprint density at radius 3 is 2.71 bits per heavy atom. The molecule has 0 radical (unpaired) electrons. The number of carbonyl (C=O) groups excluding carboxylic acids is 2. The molecule has 1 saturated heterocycles. The van der Waals surface area contributed by atoms with Crippen molar-refractivity contribution in [2.75, 3.05) is 5.01 Å². The van der Waals surface area contributed by atoms with Crippen molar-refractivity contribution in [1.29, 1.82) is 5.26 Å². The molecule has 126 valence electrons. The van der Waals surface area contributed by atoms with Gasteiger partial charge in [-0.25, -0.2) is 9.99 Å². The van der Waals surface area contributed by atoms with Gasteiger partial charge in [0, 0.05) is 12.5 Å². The van der Waals surface area contributed by atoms with Crippen molar-refractivity contribution in [1.82, 2.24) is 10.4 Å². The number of anilines is 1. The molecule has 1 atom stereocenters. The Morgan fingerprint density at radius 1 is 1.33 bits per heavy atom. The van der Waals surface area contributed by atoms with Crippen LogP contribution in [0.5, 0.6) is 0 Å². The van der Waals surface area contributed by atoms with E-state index < -0.39 is 5.41 Å². The Bertz CT molecular complexity index is 724. The van der Waals surface area contributed by atoms with Crippen LogP contribution >= 0.6 is 11.6 Å². The van der Waals surface area contributed by atoms with Crippen LogP contribution in [0.4, 0.5) is 5.82 Å². The maximum atomic E-state index is 13.1. The predicted octanol–water partition coefficient (Wildman–Crippen LogP) is 2.96. The number of rotatable bonds is 2. The molecule has 24 heavy (non-hydrogen) atoms. The third-order valence-corrected chi connectivity index (χ3v) is 5.29. The summed E-state index contributed by atoms with van der Waals surface area (Å²) in [5.41, 5.74) is 2.11. The van der Waals surface area contributed by atoms with E-state index in [1.165, 1.54) is 18.6 Å². The molecule has 0 spiro atoms. The van der Waals surface area contributed by atoms with Crippen LogP contribution in [0.15, 0.2) is 12.1 Å². The zero-order valence-electron chi connectivity index (χ0n) is 13.5. The standard InChI is InChI=1S/C17H19ClN4O2/c1-17(12-5-3-2-4-6-12)9-15(23)21-22(16(17)24)14-8-11(10-19)7-13(18)20-14/h7-8,12H,2-6,9H2,1H3,(H,21,23). The van der Waals surface area contributed by atoms with Crippen molar-refractivity contribution < 1.29 is 9.59 Å². The molecule has 1 aliphatic carbocycles. The molecule has 3 rings (SSSR count). The van der Waals surface area contributed by atoms with Gasteiger partial charge in [-0.15, -0.1) is 0 Å². The van der Waals surface area contributed by atoms with Crippen molar-refractivity contribution in [3.05, 3.63) is 22.8 Å². The number of hydrogen-bond donors (Lipinski definition) is 1. The van der Waals surface area contributed by atoms with Crippen molar-refractivity contribution in [2.24, 2.45) is 11.3 Å². The van der Waals surface area contributed by atoms with E-state index in [4.69, 9.17) is 16.9 Å². The maximum absolute atomic E-state index is 13.1. The molecule has 2 amide bonds. The summed E-state index contributed by atoms with van der Waals surface area (Å²) in [4.78, 5) is 29.5. The Balaban J connectivity index is 1.97. The Kier molecular flexibility index (Phi) is 4.46. The molecular weight excluding hydrogens is 328 g/mol. The summed E-state index contributed by atoms with van der Waals surface area (Å²) >= 11 is 5.94. The molecule has 1 saturated carbocycles. The second-order valence-corrected chi connectivity index (χ2v) is 7.14. The fourth-order valence-electron chi connectivity index (χ4n) is 3.76. The molecule has 2 aliphatic rings. The van der Waals surface area contributed by atoms with Crippen LogP contribution < -0.4 is 10.4 Å². The van der Waals surface area contributed by atoms with Crippen molar-refractivity contribution in [3.63, 3.8) is 0 Å². The highest BCUT2D eigenvalue weighted by Gasteiger charge is 2.49. The number of nitriles is 1. The van der Waals surface area contributed by atoms with Gasteiger partial charge in [0.1, 0.15) is 5.15 Å². The van der Waals surface area contributed by atoms with Crippen LogP contribution in [-0.2, 0) is 9.59 Å². The highest BCUT2D eigenvalue weighted by molar-refractivity contribution is 6.29. The van der Waals surface area contributed by atoms with Crippen LogP contribution in [-0.4, -0.2) is 16.8 Å². The van der Waals surface area contributed by atoms with E-state index in [9.17, 15) is 9.59 Å². The summed E-state index contributed by atoms with van der Waals surface area (Å²) in [6.45, 7) is 1.87. The van der Waals surface area contributed by atoms with Gasteiger partial charge in [-0.1, -0.05) is 30.9 Å². The summed E-state index contributed by atoms with van der Waals surface area (Å²) in [5, 5.41) is 10.3. The highest BCUT2D eigenvalue weighted by Crippen LogP contribution is 2.44. The minimum atomic E-state index is -0.750. The summed E-state index contributed by atoms with van der Waals surface area (Å²) in [6, 6.07) is 4.86. The van der Waals surface area contributed by atoms with Gasteiger partial charge in [-0.3, -0.25) is 15.0 Å². The minimum Gasteiger partial charge on any atom is -0.273 e. The predicted molar refractivity (Wildman–Crippen MR) is 88.9 cm³/mol. The van der Waals surface area contributed by atoms with Crippen molar-refractivity contribution >= 4 is 29.2 Å². The third-order valence-electron chi connectivity index (χ3n) is 5.10. The molecule has 1 aromatic rings. The van der Waals surface area contributed by atoms with Gasteiger partial charge in [-0.2, -0.15) is 5.26 Å². The molecule has 2 fully saturated rings. The smallest absolute Gasteiger partial charge is 0.253 e. The van der Waals surface area contributed by atoms with Crippen LogP contribution in [0.2, 0.25) is 5.15 Å². The number of amides is 2. The van der Waals surface area contributed by atoms with Gasteiger partial charge in [0.25, 0.3) is 5.91 Å². The topological polar surface area (TPSA) is 86.1 Å². The number of pyridine rings is 1. The average molecular weight is 347 g/mol. The number of hydrazine groups is 1. The van der Waals surface area contributed by atoms with E-state index in [0.29, 0.717) is 0 Å². The zero-order valence-corrected chi connectivity index (χ0v) is 14.3. The molecule has 1 aromatic heterocycles. The van der Waals surface area contributed by atoms with Gasteiger partial charge >= 0.3 is 0 Å². The maximum Gasteiger partial charge on any atom is 0.253 e. The van der Waals surface area contributed by atoms with E-state index >= 15 is 0 Å². The first kappa shape index (κ1) is 16.7. The Labute approximate surface area is 145 Å². The second-order valence-electron chi connectivity index (χ2n) is 6.75. The largest absolute Gasteiger partial charge is 0.273 e. The Morgan fingerprint density at radius 2 is 2.04 bits per heavy atom. The molecule has 1 aliphatic heterocycles. The number of hydrogen-bond acceptors (Lipinski definition) is 4. The van der Waals surface area contributed by atoms with E-state index in [-0.39, 0.29) is 40.7 Å². The van der Waals surface area contributed by atoms with Gasteiger partial charge < -0.3 is 0 Å². The van der Waals surface area contributed by atoms with Crippen LogP contribution in [0, 0.1) is 22.7 Å². The lowest BCUT2D eigenvalue weighted by molar-refractivity contribution is -0.144. The molecular formula is C17H19ClN4O2. The van der Waals surface area contributed by atoms with E-state index in [1.807, 2.05) is 13.0 Å². The molecule has 6 nitrogen and oxygen atoms in total. The van der Waals surface area contributed by atoms with E-state index in [0.717, 1.165) is 30.7 Å². The van der Waals surface area contributed by atoms with Crippen LogP contribution in [0.3, 0.4) is 0 Å². The number of nitrogens with zero attached hydrogens (tertiary/aromatic N) is 3. The second kappa shape index (κ2) is 6.40. The normalized spacial score (nSPS) is 25.3. The number of aromatic nitrogens is 1. The first-order chi connectivity index (χ1) is 11.4. The lowest BCUT2D eigenvalue weighted by Crippen LogP contribution is -2.61. The summed E-state index contributed by atoms with van der Waals surface area (Å²) in [5.74, 6) is -0.0448. The lowest BCUT2D eigenvalue weighted by atomic mass is 9.66. The van der Waals surface area contributed by atoms with Gasteiger partial charge in [0.05, 0.1) is 17.0 Å². The number of halogens is 1. The zero-order chi connectivity index (χ0) is 17.3. The molecule has 0 aromatic carbocycles. The fourth-order valence-corrected chi connectivity index (χ4v) is 3.97. The van der Waals surface area contributed by atoms with Gasteiger partial charge in [-0.05, 0) is 31.7 Å². The van der Waals surface area contributed by atoms with E-state index in [1.54, 1.807) is 0 Å². The first-order valence-electron chi connectivity index (χ1n) is 8.16. The van der Waals surface area contributed by atoms with Gasteiger partial charge in [0.2, 0.25) is 5.91 Å². The molecule has 7 heteroatoms. The minimum absolute atomic E-state index is 0.107. The average Bonchev–Trinajstić information content (AvgIpc) is 2.58. The third kappa shape index (κ3) is 2.96. The highest BCUT2D eigenvalue weighted by atomic mass is 35.5.